The Hall–Kier alpha value is -6.22. The molecule has 0 aliphatic heterocycles. The first kappa shape index (κ1) is 48.2. The van der Waals surface area contributed by atoms with Crippen molar-refractivity contribution in [1.82, 2.24) is 39.8 Å². The average molecular weight is 1030 g/mol. The topological polar surface area (TPSA) is 143 Å². The molecule has 4 N–H and O–H groups in total. The van der Waals surface area contributed by atoms with Crippen LogP contribution in [0.4, 0.5) is 42.1 Å². The fraction of sp³-hybridized carbons (Fsp3) is 0.319. The number of rotatable bonds is 14. The fourth-order valence-electron chi connectivity index (χ4n) is 7.21. The number of nitrogens with zero attached hydrogens (tertiary/aromatic N) is 6. The minimum atomic E-state index is -4.31. The van der Waals surface area contributed by atoms with Gasteiger partial charge in [0.05, 0.1) is 48.0 Å². The summed E-state index contributed by atoms with van der Waals surface area (Å²) in [5, 5.41) is 21.1. The zero-order chi connectivity index (χ0) is 48.5. The molecule has 0 spiro atoms. The molecule has 4 aromatic heterocycles. The number of hydrogen-bond donors (Lipinski definition) is 4. The zero-order valence-corrected chi connectivity index (χ0v) is 39.2. The second-order valence-electron chi connectivity index (χ2n) is 16.6. The number of imidazole rings is 2. The van der Waals surface area contributed by atoms with E-state index in [1.165, 1.54) is 17.8 Å². The van der Waals surface area contributed by atoms with E-state index in [9.17, 15) is 40.3 Å². The van der Waals surface area contributed by atoms with Crippen molar-refractivity contribution in [1.29, 1.82) is 0 Å². The summed E-state index contributed by atoms with van der Waals surface area (Å²) in [4.78, 5) is 34.3. The summed E-state index contributed by atoms with van der Waals surface area (Å²) in [5.74, 6) is -0.561. The van der Waals surface area contributed by atoms with Gasteiger partial charge < -0.3 is 21.3 Å². The van der Waals surface area contributed by atoms with Gasteiger partial charge in [-0.05, 0) is 128 Å². The van der Waals surface area contributed by atoms with Crippen molar-refractivity contribution in [2.45, 2.75) is 93.7 Å². The van der Waals surface area contributed by atoms with Gasteiger partial charge in [0.15, 0.2) is 11.3 Å². The summed E-state index contributed by atoms with van der Waals surface area (Å²) in [6.45, 7) is 4.77. The number of hydrogen-bond acceptors (Lipinski definition) is 9. The summed E-state index contributed by atoms with van der Waals surface area (Å²) in [6.07, 6.45) is -3.27. The summed E-state index contributed by atoms with van der Waals surface area (Å²) in [6, 6.07) is 19.3. The Morgan fingerprint density at radius 1 is 0.691 bits per heavy atom. The second kappa shape index (κ2) is 19.8. The summed E-state index contributed by atoms with van der Waals surface area (Å²) >= 11 is 4.52. The lowest BCUT2D eigenvalue weighted by Crippen LogP contribution is -2.26. The van der Waals surface area contributed by atoms with Gasteiger partial charge >= 0.3 is 12.4 Å². The Balaban J connectivity index is 0.000000189. The fourth-order valence-corrected chi connectivity index (χ4v) is 8.52. The number of aromatic nitrogens is 6. The second-order valence-corrected chi connectivity index (χ2v) is 18.5. The molecule has 12 nitrogen and oxygen atoms in total. The molecular formula is C47H44BrF7N10O2S. The van der Waals surface area contributed by atoms with Crippen LogP contribution in [0, 0.1) is 26.6 Å². The predicted octanol–water partition coefficient (Wildman–Crippen LogP) is 11.3. The minimum absolute atomic E-state index is 0.0864. The maximum Gasteiger partial charge on any atom is 0.390 e. The number of aryl methyl sites for hydroxylation is 2. The first-order valence-electron chi connectivity index (χ1n) is 21.6. The lowest BCUT2D eigenvalue weighted by Gasteiger charge is -2.13. The van der Waals surface area contributed by atoms with Gasteiger partial charge in [0.25, 0.3) is 11.8 Å². The molecule has 2 saturated carbocycles. The van der Waals surface area contributed by atoms with Crippen LogP contribution in [-0.2, 0) is 0 Å². The predicted molar refractivity (Wildman–Crippen MR) is 249 cm³/mol. The molecule has 2 fully saturated rings. The number of alkyl halides is 6. The van der Waals surface area contributed by atoms with Crippen molar-refractivity contribution in [3.63, 3.8) is 0 Å². The van der Waals surface area contributed by atoms with Crippen LogP contribution in [0.15, 0.2) is 93.6 Å². The van der Waals surface area contributed by atoms with E-state index in [-0.39, 0.29) is 42.8 Å². The van der Waals surface area contributed by atoms with Gasteiger partial charge in [0, 0.05) is 52.3 Å². The molecule has 0 radical (unpaired) electrons. The van der Waals surface area contributed by atoms with E-state index in [2.05, 4.69) is 57.4 Å². The highest BCUT2D eigenvalue weighted by atomic mass is 79.9. The van der Waals surface area contributed by atoms with Crippen LogP contribution in [0.25, 0.3) is 33.8 Å². The Bertz CT molecular complexity index is 3020. The Morgan fingerprint density at radius 3 is 1.65 bits per heavy atom. The third kappa shape index (κ3) is 11.9. The van der Waals surface area contributed by atoms with Crippen molar-refractivity contribution in [2.75, 3.05) is 23.7 Å². The highest BCUT2D eigenvalue weighted by Gasteiger charge is 2.29. The van der Waals surface area contributed by atoms with Crippen molar-refractivity contribution in [2.24, 2.45) is 0 Å². The van der Waals surface area contributed by atoms with Gasteiger partial charge in [0.1, 0.15) is 15.4 Å². The lowest BCUT2D eigenvalue weighted by atomic mass is 10.0. The molecule has 2 amide bonds. The zero-order valence-electron chi connectivity index (χ0n) is 36.7. The molecule has 2 aliphatic rings. The molecule has 68 heavy (non-hydrogen) atoms. The molecule has 0 atom stereocenters. The van der Waals surface area contributed by atoms with E-state index in [1.807, 2.05) is 32.0 Å². The van der Waals surface area contributed by atoms with Gasteiger partial charge in [-0.1, -0.05) is 30.0 Å². The molecule has 356 valence electrons. The molecule has 0 bridgehead atoms. The van der Waals surface area contributed by atoms with Gasteiger partial charge in [0.2, 0.25) is 0 Å². The van der Waals surface area contributed by atoms with E-state index in [0.29, 0.717) is 65.3 Å². The SMILES string of the molecule is Cc1cc(-c2cnc3c(NCCC(F)(F)F)cc(Br)nn23)ccc1C(=O)NC1CC1.Cc1cc(-c2cnc3c(NCCC(F)(F)F)cc(Sc4cccc(F)c4C)nn23)ccc1C(=O)NC1CC1. The Kier molecular flexibility index (Phi) is 14.0. The number of benzene rings is 3. The number of amides is 2. The van der Waals surface area contributed by atoms with Crippen LogP contribution >= 0.6 is 27.7 Å². The largest absolute Gasteiger partial charge is 0.390 e. The van der Waals surface area contributed by atoms with Crippen LogP contribution in [0.1, 0.15) is 75.9 Å². The summed E-state index contributed by atoms with van der Waals surface area (Å²) < 4.78 is 93.5. The molecule has 7 aromatic rings. The molecule has 4 heterocycles. The van der Waals surface area contributed by atoms with Crippen LogP contribution in [0.5, 0.6) is 0 Å². The number of carbonyl (C=O) groups is 2. The summed E-state index contributed by atoms with van der Waals surface area (Å²) in [7, 11) is 0. The van der Waals surface area contributed by atoms with Crippen molar-refractivity contribution < 1.29 is 40.3 Å². The van der Waals surface area contributed by atoms with Crippen molar-refractivity contribution >= 4 is 62.2 Å². The molecular weight excluding hydrogens is 982 g/mol. The third-order valence-corrected chi connectivity index (χ3v) is 12.6. The first-order valence-corrected chi connectivity index (χ1v) is 23.2. The maximum atomic E-state index is 14.1. The molecule has 21 heteroatoms. The molecule has 3 aromatic carbocycles. The minimum Gasteiger partial charge on any atom is -0.382 e. The van der Waals surface area contributed by atoms with Crippen molar-refractivity contribution in [3.8, 4) is 22.5 Å². The summed E-state index contributed by atoms with van der Waals surface area (Å²) in [5.41, 5.74) is 7.67. The van der Waals surface area contributed by atoms with E-state index < -0.39 is 25.2 Å². The monoisotopic (exact) mass is 1020 g/mol. The lowest BCUT2D eigenvalue weighted by molar-refractivity contribution is -0.132. The van der Waals surface area contributed by atoms with Crippen LogP contribution in [-0.4, -0.2) is 78.5 Å². The molecule has 2 aliphatic carbocycles. The molecule has 0 unspecified atom stereocenters. The Morgan fingerprint density at radius 2 is 1.18 bits per heavy atom. The highest BCUT2D eigenvalue weighted by molar-refractivity contribution is 9.10. The Labute approximate surface area is 398 Å². The van der Waals surface area contributed by atoms with Gasteiger partial charge in [-0.3, -0.25) is 9.59 Å². The van der Waals surface area contributed by atoms with Crippen molar-refractivity contribution in [3.05, 3.63) is 117 Å². The van der Waals surface area contributed by atoms with E-state index >= 15 is 0 Å². The standard InChI is InChI=1S/C27H25F4N5OS.C20H19BrF3N5O/c1-15-12-17(6-9-19(15)26(37)34-18-7-8-18)22-14-33-25-21(32-11-10-27(29,30)31)13-24(35-36(22)25)38-23-5-3-4-20(28)16(23)2;1-11-8-12(2-5-14(11)19(30)27-13-3-4-13)16-10-26-18-15(9-17(21)28-29(16)18)25-7-6-20(22,23)24/h3-6,9,12-14,18,32H,7-8,10-11H2,1-2H3,(H,34,37);2,5,8-10,13,25H,3-4,6-7H2,1H3,(H,27,30). The smallest absolute Gasteiger partial charge is 0.382 e. The third-order valence-electron chi connectivity index (χ3n) is 11.1. The molecule has 0 saturated heterocycles. The van der Waals surface area contributed by atoms with Crippen LogP contribution in [0.2, 0.25) is 0 Å². The van der Waals surface area contributed by atoms with Crippen LogP contribution < -0.4 is 21.3 Å². The maximum absolute atomic E-state index is 14.1. The quantitative estimate of drug-likeness (QED) is 0.0783. The van der Waals surface area contributed by atoms with Gasteiger partial charge in [-0.25, -0.2) is 23.4 Å². The van der Waals surface area contributed by atoms with E-state index in [4.69, 9.17) is 0 Å². The van der Waals surface area contributed by atoms with Crippen LogP contribution in [0.3, 0.4) is 0 Å². The number of carbonyl (C=O) groups excluding carboxylic acids is 2. The number of halogens is 8. The van der Waals surface area contributed by atoms with Gasteiger partial charge in [-0.2, -0.15) is 36.5 Å². The van der Waals surface area contributed by atoms with Gasteiger partial charge in [-0.15, -0.1) is 0 Å². The van der Waals surface area contributed by atoms with E-state index in [0.717, 1.165) is 47.9 Å². The highest BCUT2D eigenvalue weighted by Crippen LogP contribution is 2.35. The number of anilines is 2. The number of fused-ring (bicyclic) bond motifs is 2. The van der Waals surface area contributed by atoms with E-state index in [1.54, 1.807) is 70.8 Å². The number of nitrogens with one attached hydrogen (secondary N) is 4. The molecule has 9 rings (SSSR count). The average Bonchev–Trinajstić information content (AvgIpc) is 4.18. The normalized spacial score (nSPS) is 13.9. The first-order chi connectivity index (χ1) is 32.3.